The highest BCUT2D eigenvalue weighted by molar-refractivity contribution is 5.71. The van der Waals surface area contributed by atoms with E-state index < -0.39 is 6.10 Å². The summed E-state index contributed by atoms with van der Waals surface area (Å²) in [6, 6.07) is 0. The molecule has 1 atom stereocenters. The molecule has 0 amide bonds. The van der Waals surface area contributed by atoms with Gasteiger partial charge in [0.15, 0.2) is 6.10 Å². The van der Waals surface area contributed by atoms with Gasteiger partial charge in [-0.25, -0.2) is 0 Å². The van der Waals surface area contributed by atoms with Crippen LogP contribution in [0, 0.1) is 0 Å². The monoisotopic (exact) mass is 1040 g/mol. The molecule has 6 nitrogen and oxygen atoms in total. The maximum absolute atomic E-state index is 12.8. The van der Waals surface area contributed by atoms with Crippen molar-refractivity contribution in [3.63, 3.8) is 0 Å². The molecule has 0 aromatic heterocycles. The number of rotatable bonds is 57. The first-order valence-corrected chi connectivity index (χ1v) is 31.7. The Labute approximate surface area is 464 Å². The standard InChI is InChI=1S/C69H118O6/c1-4-7-10-13-16-18-20-22-24-26-28-30-32-33-34-35-37-38-40-42-44-46-48-50-53-56-59-62-68(71)74-65-66(64-73-67(70)61-58-55-52-15-12-9-6-3)75-69(72)63-60-57-54-51-49-47-45-43-41-39-36-31-29-27-25-23-21-19-17-14-11-8-5-2/h8,11,17,19-20,22-23,25-26,28-29,31,39,41,45,47,66H,4-7,9-10,12-16,18,21,24,27,30,32-38,40,42-44,46,48-65H2,1-3H3/b11-8-,19-17-,22-20-,25-23-,28-26-,31-29-,41-39-,47-45-. The quantitative estimate of drug-likeness (QED) is 0.0261. The van der Waals surface area contributed by atoms with Gasteiger partial charge >= 0.3 is 17.9 Å². The molecule has 430 valence electrons. The predicted octanol–water partition coefficient (Wildman–Crippen LogP) is 21.7. The second kappa shape index (κ2) is 62.9. The SMILES string of the molecule is CC/C=C\C/C=C\C/C=C\C/C=C\C/C=C\C/C=C\CCCCCCC(=O)OC(COC(=O)CCCCCCCCC)COC(=O)CCCCCCCCCCCCCCCCC/C=C\C/C=C\CCCCCCC. The number of esters is 3. The predicted molar refractivity (Wildman–Crippen MR) is 325 cm³/mol. The molecule has 6 heteroatoms. The molecular weight excluding hydrogens is 925 g/mol. The molecule has 0 bridgehead atoms. The molecule has 0 spiro atoms. The van der Waals surface area contributed by atoms with E-state index in [9.17, 15) is 14.4 Å². The third-order valence-corrected chi connectivity index (χ3v) is 13.6. The molecular formula is C69H118O6. The van der Waals surface area contributed by atoms with Crippen molar-refractivity contribution in [1.82, 2.24) is 0 Å². The van der Waals surface area contributed by atoms with Gasteiger partial charge in [-0.05, 0) is 103 Å². The first-order valence-electron chi connectivity index (χ1n) is 31.7. The van der Waals surface area contributed by atoms with Crippen LogP contribution in [0.3, 0.4) is 0 Å². The van der Waals surface area contributed by atoms with Crippen LogP contribution in [0.25, 0.3) is 0 Å². The van der Waals surface area contributed by atoms with Crippen molar-refractivity contribution in [1.29, 1.82) is 0 Å². The Morgan fingerprint density at radius 1 is 0.280 bits per heavy atom. The number of hydrogen-bond donors (Lipinski definition) is 0. The summed E-state index contributed by atoms with van der Waals surface area (Å²) < 4.78 is 16.8. The van der Waals surface area contributed by atoms with Crippen molar-refractivity contribution in [2.45, 2.75) is 309 Å². The molecule has 0 saturated carbocycles. The smallest absolute Gasteiger partial charge is 0.306 e. The minimum Gasteiger partial charge on any atom is -0.462 e. The molecule has 0 heterocycles. The number of allylic oxidation sites excluding steroid dienone is 16. The van der Waals surface area contributed by atoms with Gasteiger partial charge in [0.1, 0.15) is 13.2 Å². The van der Waals surface area contributed by atoms with Crippen molar-refractivity contribution in [2.24, 2.45) is 0 Å². The Balaban J connectivity index is 4.17. The lowest BCUT2D eigenvalue weighted by atomic mass is 10.0. The molecule has 75 heavy (non-hydrogen) atoms. The molecule has 1 unspecified atom stereocenters. The fraction of sp³-hybridized carbons (Fsp3) is 0.725. The highest BCUT2D eigenvalue weighted by atomic mass is 16.6. The zero-order chi connectivity index (χ0) is 54.3. The zero-order valence-electron chi connectivity index (χ0n) is 49.3. The highest BCUT2D eigenvalue weighted by Crippen LogP contribution is 2.16. The van der Waals surface area contributed by atoms with Crippen LogP contribution in [0.5, 0.6) is 0 Å². The second-order valence-corrected chi connectivity index (χ2v) is 20.9. The first kappa shape index (κ1) is 71.3. The van der Waals surface area contributed by atoms with Crippen molar-refractivity contribution in [2.75, 3.05) is 13.2 Å². The van der Waals surface area contributed by atoms with Crippen LogP contribution in [-0.4, -0.2) is 37.2 Å². The van der Waals surface area contributed by atoms with Gasteiger partial charge in [0.05, 0.1) is 0 Å². The van der Waals surface area contributed by atoms with Gasteiger partial charge in [-0.15, -0.1) is 0 Å². The highest BCUT2D eigenvalue weighted by Gasteiger charge is 2.19. The summed E-state index contributed by atoms with van der Waals surface area (Å²) in [5.41, 5.74) is 0. The maximum atomic E-state index is 12.8. The summed E-state index contributed by atoms with van der Waals surface area (Å²) >= 11 is 0. The molecule has 0 aromatic carbocycles. The van der Waals surface area contributed by atoms with E-state index in [2.05, 4.69) is 118 Å². The molecule has 0 saturated heterocycles. The molecule has 0 aliphatic carbocycles. The molecule has 0 aromatic rings. The summed E-state index contributed by atoms with van der Waals surface area (Å²) in [6.07, 6.45) is 84.4. The van der Waals surface area contributed by atoms with Crippen LogP contribution in [-0.2, 0) is 28.6 Å². The largest absolute Gasteiger partial charge is 0.462 e. The number of unbranched alkanes of at least 4 members (excludes halogenated alkanes) is 30. The van der Waals surface area contributed by atoms with E-state index >= 15 is 0 Å². The fourth-order valence-corrected chi connectivity index (χ4v) is 8.83. The van der Waals surface area contributed by atoms with Crippen LogP contribution < -0.4 is 0 Å². The Hall–Kier alpha value is -3.67. The molecule has 0 N–H and O–H groups in total. The number of ether oxygens (including phenoxy) is 3. The van der Waals surface area contributed by atoms with E-state index in [-0.39, 0.29) is 31.1 Å². The van der Waals surface area contributed by atoms with Gasteiger partial charge in [0, 0.05) is 19.3 Å². The van der Waals surface area contributed by atoms with Gasteiger partial charge in [0.25, 0.3) is 0 Å². The van der Waals surface area contributed by atoms with E-state index in [0.717, 1.165) is 116 Å². The van der Waals surface area contributed by atoms with Crippen molar-refractivity contribution in [3.05, 3.63) is 97.2 Å². The summed E-state index contributed by atoms with van der Waals surface area (Å²) in [5, 5.41) is 0. The number of carbonyl (C=O) groups excluding carboxylic acids is 3. The second-order valence-electron chi connectivity index (χ2n) is 20.9. The van der Waals surface area contributed by atoms with Gasteiger partial charge in [-0.3, -0.25) is 14.4 Å². The van der Waals surface area contributed by atoms with E-state index in [0.29, 0.717) is 19.3 Å². The van der Waals surface area contributed by atoms with Crippen molar-refractivity contribution in [3.8, 4) is 0 Å². The number of carbonyl (C=O) groups is 3. The molecule has 0 radical (unpaired) electrons. The first-order chi connectivity index (χ1) is 37.0. The normalized spacial score (nSPS) is 12.7. The molecule has 0 aliphatic heterocycles. The lowest BCUT2D eigenvalue weighted by Crippen LogP contribution is -2.30. The van der Waals surface area contributed by atoms with Gasteiger partial charge < -0.3 is 14.2 Å². The zero-order valence-corrected chi connectivity index (χ0v) is 49.3. The van der Waals surface area contributed by atoms with Gasteiger partial charge in [-0.2, -0.15) is 0 Å². The average molecular weight is 1040 g/mol. The Bertz CT molecular complexity index is 1480. The fourth-order valence-electron chi connectivity index (χ4n) is 8.83. The van der Waals surface area contributed by atoms with Crippen LogP contribution in [0.15, 0.2) is 97.2 Å². The van der Waals surface area contributed by atoms with E-state index in [1.165, 1.54) is 148 Å². The molecule has 0 aliphatic rings. The molecule has 0 fully saturated rings. The van der Waals surface area contributed by atoms with Gasteiger partial charge in [0.2, 0.25) is 0 Å². The van der Waals surface area contributed by atoms with Crippen molar-refractivity contribution >= 4 is 17.9 Å². The molecule has 0 rings (SSSR count). The number of hydrogen-bond acceptors (Lipinski definition) is 6. The van der Waals surface area contributed by atoms with E-state index in [4.69, 9.17) is 14.2 Å². The van der Waals surface area contributed by atoms with Crippen LogP contribution in [0.2, 0.25) is 0 Å². The van der Waals surface area contributed by atoms with Crippen molar-refractivity contribution < 1.29 is 28.6 Å². The minimum absolute atomic E-state index is 0.0864. The third kappa shape index (κ3) is 61.1. The van der Waals surface area contributed by atoms with Crippen LogP contribution in [0.1, 0.15) is 303 Å². The lowest BCUT2D eigenvalue weighted by molar-refractivity contribution is -0.167. The summed E-state index contributed by atoms with van der Waals surface area (Å²) in [6.45, 7) is 6.47. The average Bonchev–Trinajstić information content (AvgIpc) is 3.41. The van der Waals surface area contributed by atoms with Gasteiger partial charge in [-0.1, -0.05) is 279 Å². The Morgan fingerprint density at radius 2 is 0.520 bits per heavy atom. The minimum atomic E-state index is -0.789. The summed E-state index contributed by atoms with van der Waals surface area (Å²) in [7, 11) is 0. The summed E-state index contributed by atoms with van der Waals surface area (Å²) in [4.78, 5) is 38.1. The van der Waals surface area contributed by atoms with E-state index in [1.807, 2.05) is 0 Å². The Kier molecular flexibility index (Phi) is 59.8. The maximum Gasteiger partial charge on any atom is 0.306 e. The third-order valence-electron chi connectivity index (χ3n) is 13.6. The topological polar surface area (TPSA) is 78.9 Å². The summed E-state index contributed by atoms with van der Waals surface area (Å²) in [5.74, 6) is -0.911. The van der Waals surface area contributed by atoms with E-state index in [1.54, 1.807) is 0 Å². The Morgan fingerprint density at radius 3 is 0.813 bits per heavy atom. The van der Waals surface area contributed by atoms with Crippen LogP contribution >= 0.6 is 0 Å². The lowest BCUT2D eigenvalue weighted by Gasteiger charge is -2.18. The van der Waals surface area contributed by atoms with Crippen LogP contribution in [0.4, 0.5) is 0 Å².